The summed E-state index contributed by atoms with van der Waals surface area (Å²) in [5, 5.41) is 16.9. The standard InChI is InChI=1S/C10H4F5N3/c11-9(12)7-5(1-2-16)3-6(4-17)8(18-7)10(13,14)15/h3,9H,1H2. The average molecular weight is 261 g/mol. The van der Waals surface area contributed by atoms with Crippen molar-refractivity contribution < 1.29 is 22.0 Å². The molecule has 0 N–H and O–H groups in total. The van der Waals surface area contributed by atoms with Gasteiger partial charge in [0.2, 0.25) is 0 Å². The molecule has 0 aliphatic carbocycles. The van der Waals surface area contributed by atoms with Gasteiger partial charge < -0.3 is 0 Å². The van der Waals surface area contributed by atoms with E-state index in [1.807, 2.05) is 0 Å². The Labute approximate surface area is 98.1 Å². The van der Waals surface area contributed by atoms with E-state index in [0.717, 1.165) is 0 Å². The van der Waals surface area contributed by atoms with Crippen molar-refractivity contribution in [3.63, 3.8) is 0 Å². The molecule has 0 unspecified atom stereocenters. The molecule has 0 atom stereocenters. The second-order valence-electron chi connectivity index (χ2n) is 3.17. The van der Waals surface area contributed by atoms with Gasteiger partial charge in [-0.05, 0) is 11.6 Å². The molecule has 0 spiro atoms. The average Bonchev–Trinajstić information content (AvgIpc) is 2.27. The van der Waals surface area contributed by atoms with Gasteiger partial charge in [0.15, 0.2) is 5.69 Å². The van der Waals surface area contributed by atoms with Crippen molar-refractivity contribution in [2.75, 3.05) is 0 Å². The Morgan fingerprint density at radius 1 is 1.28 bits per heavy atom. The summed E-state index contributed by atoms with van der Waals surface area (Å²) in [7, 11) is 0. The van der Waals surface area contributed by atoms with E-state index in [9.17, 15) is 22.0 Å². The van der Waals surface area contributed by atoms with Crippen LogP contribution in [0, 0.1) is 22.7 Å². The van der Waals surface area contributed by atoms with Gasteiger partial charge in [0.1, 0.15) is 11.8 Å². The lowest BCUT2D eigenvalue weighted by atomic mass is 10.1. The maximum atomic E-state index is 12.5. The molecule has 1 aromatic heterocycles. The first kappa shape index (κ1) is 13.8. The van der Waals surface area contributed by atoms with E-state index in [0.29, 0.717) is 6.07 Å². The zero-order valence-corrected chi connectivity index (χ0v) is 8.59. The Hall–Kier alpha value is -2.22. The lowest BCUT2D eigenvalue weighted by molar-refractivity contribution is -0.141. The molecule has 0 aliphatic heterocycles. The lowest BCUT2D eigenvalue weighted by Crippen LogP contribution is -2.14. The number of hydrogen-bond donors (Lipinski definition) is 0. The number of nitrogens with zero attached hydrogens (tertiary/aromatic N) is 3. The Morgan fingerprint density at radius 3 is 2.28 bits per heavy atom. The van der Waals surface area contributed by atoms with Crippen LogP contribution in [0.2, 0.25) is 0 Å². The van der Waals surface area contributed by atoms with Gasteiger partial charge in [-0.25, -0.2) is 13.8 Å². The molecule has 0 saturated carbocycles. The summed E-state index contributed by atoms with van der Waals surface area (Å²) in [5.74, 6) is 0. The predicted molar refractivity (Wildman–Crippen MR) is 48.2 cm³/mol. The molecule has 0 bridgehead atoms. The summed E-state index contributed by atoms with van der Waals surface area (Å²) in [6.45, 7) is 0. The minimum atomic E-state index is -5.00. The van der Waals surface area contributed by atoms with Crippen LogP contribution in [0.25, 0.3) is 0 Å². The molecule has 18 heavy (non-hydrogen) atoms. The highest BCUT2D eigenvalue weighted by atomic mass is 19.4. The topological polar surface area (TPSA) is 60.5 Å². The van der Waals surface area contributed by atoms with Crippen molar-refractivity contribution in [1.82, 2.24) is 4.98 Å². The van der Waals surface area contributed by atoms with Crippen LogP contribution in [0.5, 0.6) is 0 Å². The number of nitriles is 2. The fourth-order valence-electron chi connectivity index (χ4n) is 1.29. The maximum Gasteiger partial charge on any atom is 0.434 e. The second-order valence-corrected chi connectivity index (χ2v) is 3.17. The highest BCUT2D eigenvalue weighted by Crippen LogP contribution is 2.33. The van der Waals surface area contributed by atoms with E-state index in [1.54, 1.807) is 0 Å². The SMILES string of the molecule is N#CCc1cc(C#N)c(C(F)(F)F)nc1C(F)F. The number of hydrogen-bond acceptors (Lipinski definition) is 3. The second kappa shape index (κ2) is 4.96. The quantitative estimate of drug-likeness (QED) is 0.769. The van der Waals surface area contributed by atoms with E-state index >= 15 is 0 Å². The van der Waals surface area contributed by atoms with Crippen molar-refractivity contribution in [3.05, 3.63) is 28.6 Å². The van der Waals surface area contributed by atoms with E-state index in [2.05, 4.69) is 4.98 Å². The van der Waals surface area contributed by atoms with Crippen molar-refractivity contribution >= 4 is 0 Å². The van der Waals surface area contributed by atoms with E-state index in [1.165, 1.54) is 12.1 Å². The van der Waals surface area contributed by atoms with Crippen LogP contribution in [0.1, 0.15) is 28.9 Å². The third-order valence-corrected chi connectivity index (χ3v) is 2.00. The van der Waals surface area contributed by atoms with E-state index < -0.39 is 36.0 Å². The van der Waals surface area contributed by atoms with Gasteiger partial charge in [-0.15, -0.1) is 0 Å². The number of halogens is 5. The molecule has 94 valence electrons. The summed E-state index contributed by atoms with van der Waals surface area (Å²) in [4.78, 5) is 2.78. The van der Waals surface area contributed by atoms with Crippen LogP contribution in [0.4, 0.5) is 22.0 Å². The third-order valence-electron chi connectivity index (χ3n) is 2.00. The van der Waals surface area contributed by atoms with E-state index in [-0.39, 0.29) is 5.56 Å². The molecule has 0 aromatic carbocycles. The van der Waals surface area contributed by atoms with Crippen molar-refractivity contribution in [2.24, 2.45) is 0 Å². The Balaban J connectivity index is 3.54. The normalized spacial score (nSPS) is 11.1. The van der Waals surface area contributed by atoms with Crippen molar-refractivity contribution in [3.8, 4) is 12.1 Å². The summed E-state index contributed by atoms with van der Waals surface area (Å²) in [6, 6.07) is 3.38. The fraction of sp³-hybridized carbons (Fsp3) is 0.300. The molecule has 8 heteroatoms. The smallest absolute Gasteiger partial charge is 0.241 e. The molecule has 0 aliphatic rings. The minimum Gasteiger partial charge on any atom is -0.241 e. The highest BCUT2D eigenvalue weighted by molar-refractivity contribution is 5.41. The fourth-order valence-corrected chi connectivity index (χ4v) is 1.29. The Kier molecular flexibility index (Phi) is 3.82. The van der Waals surface area contributed by atoms with Gasteiger partial charge in [-0.3, -0.25) is 0 Å². The van der Waals surface area contributed by atoms with Gasteiger partial charge in [0, 0.05) is 0 Å². The number of aromatic nitrogens is 1. The number of alkyl halides is 5. The van der Waals surface area contributed by atoms with Gasteiger partial charge >= 0.3 is 6.18 Å². The largest absolute Gasteiger partial charge is 0.434 e. The van der Waals surface area contributed by atoms with Crippen LogP contribution in [-0.4, -0.2) is 4.98 Å². The zero-order chi connectivity index (χ0) is 13.9. The summed E-state index contributed by atoms with van der Waals surface area (Å²) in [6.07, 6.45) is -8.79. The van der Waals surface area contributed by atoms with Crippen LogP contribution < -0.4 is 0 Å². The monoisotopic (exact) mass is 261 g/mol. The van der Waals surface area contributed by atoms with Gasteiger partial charge in [0.25, 0.3) is 6.43 Å². The van der Waals surface area contributed by atoms with Gasteiger partial charge in [-0.2, -0.15) is 23.7 Å². The van der Waals surface area contributed by atoms with Gasteiger partial charge in [-0.1, -0.05) is 0 Å². The molecule has 1 heterocycles. The lowest BCUT2D eigenvalue weighted by Gasteiger charge is -2.12. The summed E-state index contributed by atoms with van der Waals surface area (Å²) in [5.41, 5.74) is -4.04. The molecule has 3 nitrogen and oxygen atoms in total. The highest BCUT2D eigenvalue weighted by Gasteiger charge is 2.37. The molecule has 1 rings (SSSR count). The predicted octanol–water partition coefficient (Wildman–Crippen LogP) is 2.98. The van der Waals surface area contributed by atoms with Crippen LogP contribution in [-0.2, 0) is 12.6 Å². The first-order valence-corrected chi connectivity index (χ1v) is 4.47. The van der Waals surface area contributed by atoms with Gasteiger partial charge in [0.05, 0.1) is 18.1 Å². The Bertz CT molecular complexity index is 536. The molecule has 0 saturated heterocycles. The van der Waals surface area contributed by atoms with Crippen molar-refractivity contribution in [2.45, 2.75) is 19.0 Å². The van der Waals surface area contributed by atoms with Crippen molar-refractivity contribution in [1.29, 1.82) is 10.5 Å². The molecule has 0 amide bonds. The first-order chi connectivity index (χ1) is 8.31. The zero-order valence-electron chi connectivity index (χ0n) is 8.59. The maximum absolute atomic E-state index is 12.5. The molecule has 0 fully saturated rings. The first-order valence-electron chi connectivity index (χ1n) is 4.47. The van der Waals surface area contributed by atoms with Crippen LogP contribution in [0.3, 0.4) is 0 Å². The summed E-state index contributed by atoms with van der Waals surface area (Å²) >= 11 is 0. The number of rotatable bonds is 2. The van der Waals surface area contributed by atoms with Crippen LogP contribution >= 0.6 is 0 Å². The molecule has 1 aromatic rings. The minimum absolute atomic E-state index is 0.378. The molecular formula is C10H4F5N3. The molecular weight excluding hydrogens is 257 g/mol. The molecule has 0 radical (unpaired) electrons. The Morgan fingerprint density at radius 2 is 1.89 bits per heavy atom. The van der Waals surface area contributed by atoms with Crippen LogP contribution in [0.15, 0.2) is 6.07 Å². The van der Waals surface area contributed by atoms with E-state index in [4.69, 9.17) is 10.5 Å². The summed E-state index contributed by atoms with van der Waals surface area (Å²) < 4.78 is 62.5. The third kappa shape index (κ3) is 2.72. The number of pyridine rings is 1.